The number of nitrogens with two attached hydrogens (primary N) is 1. The van der Waals surface area contributed by atoms with E-state index in [0.29, 0.717) is 6.61 Å². The van der Waals surface area contributed by atoms with Gasteiger partial charge in [0.05, 0.1) is 0 Å². The quantitative estimate of drug-likeness (QED) is 0.772. The van der Waals surface area contributed by atoms with Crippen LogP contribution < -0.4 is 10.5 Å². The molecule has 2 aromatic rings. The van der Waals surface area contributed by atoms with E-state index in [4.69, 9.17) is 10.5 Å². The van der Waals surface area contributed by atoms with Crippen molar-refractivity contribution in [2.75, 3.05) is 5.73 Å². The number of benzene rings is 2. The Morgan fingerprint density at radius 1 is 1.14 bits per heavy atom. The van der Waals surface area contributed by atoms with E-state index in [9.17, 15) is 0 Å². The highest BCUT2D eigenvalue weighted by Gasteiger charge is 2.19. The maximum absolute atomic E-state index is 6.06. The van der Waals surface area contributed by atoms with Crippen LogP contribution in [0.1, 0.15) is 37.5 Å². The molecule has 2 aromatic carbocycles. The summed E-state index contributed by atoms with van der Waals surface area (Å²) >= 11 is 3.53. The van der Waals surface area contributed by atoms with E-state index in [1.54, 1.807) is 0 Å². The zero-order valence-electron chi connectivity index (χ0n) is 13.0. The SMILES string of the molecule is Cc1ccc(OCc2c(N)cccc2Br)c(C(C)(C)C)c1. The van der Waals surface area contributed by atoms with Crippen LogP contribution >= 0.6 is 15.9 Å². The molecule has 0 amide bonds. The number of hydrogen-bond acceptors (Lipinski definition) is 2. The summed E-state index contributed by atoms with van der Waals surface area (Å²) in [7, 11) is 0. The molecule has 0 saturated heterocycles. The summed E-state index contributed by atoms with van der Waals surface area (Å²) in [6, 6.07) is 12.1. The molecule has 0 aliphatic carbocycles. The monoisotopic (exact) mass is 347 g/mol. The topological polar surface area (TPSA) is 35.2 Å². The maximum atomic E-state index is 6.06. The van der Waals surface area contributed by atoms with Crippen molar-refractivity contribution in [3.05, 3.63) is 57.6 Å². The van der Waals surface area contributed by atoms with E-state index < -0.39 is 0 Å². The Bertz CT molecular complexity index is 624. The third kappa shape index (κ3) is 3.79. The molecule has 0 aliphatic heterocycles. The lowest BCUT2D eigenvalue weighted by Gasteiger charge is -2.23. The van der Waals surface area contributed by atoms with Crippen LogP contribution in [-0.4, -0.2) is 0 Å². The van der Waals surface area contributed by atoms with Gasteiger partial charge in [0.1, 0.15) is 12.4 Å². The smallest absolute Gasteiger partial charge is 0.123 e. The van der Waals surface area contributed by atoms with E-state index in [-0.39, 0.29) is 5.41 Å². The third-order valence-corrected chi connectivity index (χ3v) is 4.21. The zero-order chi connectivity index (χ0) is 15.6. The number of nitrogen functional groups attached to an aromatic ring is 1. The lowest BCUT2D eigenvalue weighted by Crippen LogP contribution is -2.14. The molecule has 112 valence electrons. The predicted octanol–water partition coefficient (Wildman–Crippen LogP) is 5.22. The second-order valence-corrected chi connectivity index (χ2v) is 7.20. The van der Waals surface area contributed by atoms with Crippen molar-refractivity contribution < 1.29 is 4.74 Å². The van der Waals surface area contributed by atoms with Crippen molar-refractivity contribution >= 4 is 21.6 Å². The van der Waals surface area contributed by atoms with E-state index in [2.05, 4.69) is 55.8 Å². The highest BCUT2D eigenvalue weighted by atomic mass is 79.9. The summed E-state index contributed by atoms with van der Waals surface area (Å²) in [5.74, 6) is 0.920. The molecule has 2 N–H and O–H groups in total. The zero-order valence-corrected chi connectivity index (χ0v) is 14.6. The van der Waals surface area contributed by atoms with Crippen LogP contribution in [-0.2, 0) is 12.0 Å². The van der Waals surface area contributed by atoms with Crippen LogP contribution in [0, 0.1) is 6.92 Å². The third-order valence-electron chi connectivity index (χ3n) is 3.47. The Hall–Kier alpha value is -1.48. The first-order chi connectivity index (χ1) is 9.79. The molecule has 3 heteroatoms. The Kier molecular flexibility index (Phi) is 4.62. The van der Waals surface area contributed by atoms with Gasteiger partial charge in [0.25, 0.3) is 0 Å². The number of ether oxygens (including phenoxy) is 1. The fourth-order valence-electron chi connectivity index (χ4n) is 2.23. The summed E-state index contributed by atoms with van der Waals surface area (Å²) in [5.41, 5.74) is 10.3. The molecule has 0 radical (unpaired) electrons. The van der Waals surface area contributed by atoms with E-state index >= 15 is 0 Å². The normalized spacial score (nSPS) is 11.5. The van der Waals surface area contributed by atoms with Crippen molar-refractivity contribution in [1.29, 1.82) is 0 Å². The molecule has 0 aliphatic rings. The van der Waals surface area contributed by atoms with E-state index in [1.165, 1.54) is 11.1 Å². The van der Waals surface area contributed by atoms with Gasteiger partial charge in [-0.15, -0.1) is 0 Å². The van der Waals surface area contributed by atoms with Crippen LogP contribution in [0.25, 0.3) is 0 Å². The van der Waals surface area contributed by atoms with Gasteiger partial charge in [0, 0.05) is 15.7 Å². The van der Waals surface area contributed by atoms with Gasteiger partial charge >= 0.3 is 0 Å². The maximum Gasteiger partial charge on any atom is 0.123 e. The Morgan fingerprint density at radius 2 is 1.86 bits per heavy atom. The number of aryl methyl sites for hydroxylation is 1. The summed E-state index contributed by atoms with van der Waals surface area (Å²) in [4.78, 5) is 0. The van der Waals surface area contributed by atoms with Gasteiger partial charge in [0.2, 0.25) is 0 Å². The first-order valence-corrected chi connectivity index (χ1v) is 7.85. The summed E-state index contributed by atoms with van der Waals surface area (Å²) in [5, 5.41) is 0. The highest BCUT2D eigenvalue weighted by molar-refractivity contribution is 9.10. The first-order valence-electron chi connectivity index (χ1n) is 7.06. The molecule has 0 bridgehead atoms. The minimum Gasteiger partial charge on any atom is -0.488 e. The molecule has 0 spiro atoms. The van der Waals surface area contributed by atoms with Gasteiger partial charge in [-0.2, -0.15) is 0 Å². The van der Waals surface area contributed by atoms with Gasteiger partial charge in [-0.25, -0.2) is 0 Å². The van der Waals surface area contributed by atoms with Crippen LogP contribution in [0.5, 0.6) is 5.75 Å². The average Bonchev–Trinajstić information content (AvgIpc) is 2.38. The number of anilines is 1. The van der Waals surface area contributed by atoms with Crippen molar-refractivity contribution in [2.45, 2.75) is 39.7 Å². The molecule has 2 nitrogen and oxygen atoms in total. The second kappa shape index (κ2) is 6.10. The van der Waals surface area contributed by atoms with Crippen LogP contribution in [0.2, 0.25) is 0 Å². The van der Waals surface area contributed by atoms with Gasteiger partial charge in [-0.05, 0) is 36.1 Å². The van der Waals surface area contributed by atoms with Gasteiger partial charge in [0.15, 0.2) is 0 Å². The van der Waals surface area contributed by atoms with Crippen molar-refractivity contribution in [2.24, 2.45) is 0 Å². The number of hydrogen-bond donors (Lipinski definition) is 1. The predicted molar refractivity (Wildman–Crippen MR) is 92.8 cm³/mol. The Balaban J connectivity index is 2.29. The van der Waals surface area contributed by atoms with Crippen LogP contribution in [0.3, 0.4) is 0 Å². The molecular weight excluding hydrogens is 326 g/mol. The largest absolute Gasteiger partial charge is 0.488 e. The van der Waals surface area contributed by atoms with Gasteiger partial charge < -0.3 is 10.5 Å². The standard InChI is InChI=1S/C18H22BrNO/c1-12-8-9-17(14(10-12)18(2,3)4)21-11-13-15(19)6-5-7-16(13)20/h5-10H,11,20H2,1-4H3. The fourth-order valence-corrected chi connectivity index (χ4v) is 2.73. The van der Waals surface area contributed by atoms with Gasteiger partial charge in [-0.3, -0.25) is 0 Å². The summed E-state index contributed by atoms with van der Waals surface area (Å²) in [6.07, 6.45) is 0. The molecule has 0 unspecified atom stereocenters. The Morgan fingerprint density at radius 3 is 2.48 bits per heavy atom. The summed E-state index contributed by atoms with van der Waals surface area (Å²) < 4.78 is 7.03. The molecular formula is C18H22BrNO. The molecule has 0 heterocycles. The molecule has 0 atom stereocenters. The number of rotatable bonds is 3. The molecule has 21 heavy (non-hydrogen) atoms. The van der Waals surface area contributed by atoms with Gasteiger partial charge in [-0.1, -0.05) is 60.5 Å². The minimum atomic E-state index is 0.0425. The minimum absolute atomic E-state index is 0.0425. The van der Waals surface area contributed by atoms with Crippen LogP contribution in [0.4, 0.5) is 5.69 Å². The number of halogens is 1. The van der Waals surface area contributed by atoms with Crippen molar-refractivity contribution in [1.82, 2.24) is 0 Å². The van der Waals surface area contributed by atoms with Crippen molar-refractivity contribution in [3.63, 3.8) is 0 Å². The molecule has 2 rings (SSSR count). The summed E-state index contributed by atoms with van der Waals surface area (Å²) in [6.45, 7) is 9.15. The average molecular weight is 348 g/mol. The Labute approximate surface area is 135 Å². The fraction of sp³-hybridized carbons (Fsp3) is 0.333. The highest BCUT2D eigenvalue weighted by Crippen LogP contribution is 2.33. The van der Waals surface area contributed by atoms with E-state index in [1.807, 2.05) is 24.3 Å². The van der Waals surface area contributed by atoms with Crippen LogP contribution in [0.15, 0.2) is 40.9 Å². The first kappa shape index (κ1) is 15.9. The molecule has 0 aromatic heterocycles. The van der Waals surface area contributed by atoms with Crippen molar-refractivity contribution in [3.8, 4) is 5.75 Å². The van der Waals surface area contributed by atoms with E-state index in [0.717, 1.165) is 21.5 Å². The second-order valence-electron chi connectivity index (χ2n) is 6.35. The molecule has 0 fully saturated rings. The lowest BCUT2D eigenvalue weighted by molar-refractivity contribution is 0.297. The molecule has 0 saturated carbocycles. The lowest BCUT2D eigenvalue weighted by atomic mass is 9.85.